The van der Waals surface area contributed by atoms with E-state index >= 15 is 0 Å². The Morgan fingerprint density at radius 2 is 1.86 bits per heavy atom. The quantitative estimate of drug-likeness (QED) is 0.688. The molecule has 0 spiro atoms. The Morgan fingerprint density at radius 1 is 1.14 bits per heavy atom. The van der Waals surface area contributed by atoms with Gasteiger partial charge in [-0.3, -0.25) is 9.69 Å². The van der Waals surface area contributed by atoms with Crippen molar-refractivity contribution >= 4 is 27.3 Å². The van der Waals surface area contributed by atoms with Crippen LogP contribution in [0, 0.1) is 12.7 Å². The second-order valence-electron chi connectivity index (χ2n) is 7.74. The van der Waals surface area contributed by atoms with E-state index in [-0.39, 0.29) is 17.8 Å². The van der Waals surface area contributed by atoms with Gasteiger partial charge in [0.2, 0.25) is 0 Å². The summed E-state index contributed by atoms with van der Waals surface area (Å²) in [6, 6.07) is 14.7. The number of hydrogen-bond donors (Lipinski definition) is 1. The number of aryl methyl sites for hydroxylation is 1. The van der Waals surface area contributed by atoms with Crippen LogP contribution in [-0.4, -0.2) is 55.5 Å². The van der Waals surface area contributed by atoms with Crippen molar-refractivity contribution in [2.45, 2.75) is 13.0 Å². The molecule has 1 aromatic heterocycles. The molecule has 0 saturated carbocycles. The van der Waals surface area contributed by atoms with E-state index in [0.29, 0.717) is 4.88 Å². The van der Waals surface area contributed by atoms with Gasteiger partial charge in [0.1, 0.15) is 5.82 Å². The topological polar surface area (TPSA) is 35.6 Å². The van der Waals surface area contributed by atoms with Crippen LogP contribution < -0.4 is 5.32 Å². The normalized spacial score (nSPS) is 16.8. The number of halogens is 1. The van der Waals surface area contributed by atoms with Crippen LogP contribution in [0.1, 0.15) is 26.8 Å². The highest BCUT2D eigenvalue weighted by Gasteiger charge is 2.23. The fourth-order valence-electron chi connectivity index (χ4n) is 3.84. The fraction of sp³-hybridized carbons (Fsp3) is 0.348. The van der Waals surface area contributed by atoms with E-state index in [1.807, 2.05) is 25.1 Å². The number of nitrogens with zero attached hydrogens (tertiary/aromatic N) is 2. The van der Waals surface area contributed by atoms with Crippen molar-refractivity contribution in [1.29, 1.82) is 0 Å². The second kappa shape index (κ2) is 8.61. The van der Waals surface area contributed by atoms with Crippen LogP contribution in [0.3, 0.4) is 0 Å². The van der Waals surface area contributed by atoms with Crippen molar-refractivity contribution in [1.82, 2.24) is 15.1 Å². The smallest absolute Gasteiger partial charge is 0.262 e. The van der Waals surface area contributed by atoms with Crippen LogP contribution in [0.15, 0.2) is 48.5 Å². The number of fused-ring (bicyclic) bond motifs is 1. The van der Waals surface area contributed by atoms with E-state index in [0.717, 1.165) is 53.9 Å². The molecule has 6 heteroatoms. The number of benzene rings is 2. The van der Waals surface area contributed by atoms with E-state index in [9.17, 15) is 9.18 Å². The average molecular weight is 412 g/mol. The Kier molecular flexibility index (Phi) is 5.94. The van der Waals surface area contributed by atoms with E-state index in [2.05, 4.69) is 34.3 Å². The second-order valence-corrected chi connectivity index (χ2v) is 8.79. The molecule has 4 rings (SSSR count). The minimum atomic E-state index is -0.275. The fourth-order valence-corrected chi connectivity index (χ4v) is 4.93. The summed E-state index contributed by atoms with van der Waals surface area (Å²) in [6.45, 7) is 6.74. The summed E-state index contributed by atoms with van der Waals surface area (Å²) in [5.41, 5.74) is 1.94. The standard InChI is InChI=1S/C23H26FN3OS/c1-16-19-14-18(24)8-9-21(19)29-22(16)23(28)25-20(17-6-4-3-5-7-17)15-27-12-10-26(2)11-13-27/h3-9,14,20H,10-13,15H2,1-2H3,(H,25,28). The molecule has 0 bridgehead atoms. The lowest BCUT2D eigenvalue weighted by Gasteiger charge is -2.35. The molecule has 1 unspecified atom stereocenters. The molecular formula is C23H26FN3OS. The third kappa shape index (κ3) is 4.50. The van der Waals surface area contributed by atoms with Gasteiger partial charge in [0.15, 0.2) is 0 Å². The van der Waals surface area contributed by atoms with Gasteiger partial charge in [0, 0.05) is 37.4 Å². The molecule has 1 fully saturated rings. The maximum Gasteiger partial charge on any atom is 0.262 e. The molecule has 1 amide bonds. The molecule has 1 aliphatic rings. The minimum Gasteiger partial charge on any atom is -0.343 e. The van der Waals surface area contributed by atoms with Gasteiger partial charge in [-0.2, -0.15) is 0 Å². The van der Waals surface area contributed by atoms with Crippen molar-refractivity contribution in [3.05, 3.63) is 70.4 Å². The summed E-state index contributed by atoms with van der Waals surface area (Å²) in [5, 5.41) is 4.06. The maximum absolute atomic E-state index is 13.6. The van der Waals surface area contributed by atoms with Crippen LogP contribution in [-0.2, 0) is 0 Å². The molecule has 1 aliphatic heterocycles. The predicted molar refractivity (Wildman–Crippen MR) is 117 cm³/mol. The molecule has 1 atom stereocenters. The van der Waals surface area contributed by atoms with Gasteiger partial charge in [0.05, 0.1) is 10.9 Å². The summed E-state index contributed by atoms with van der Waals surface area (Å²) in [4.78, 5) is 18.6. The van der Waals surface area contributed by atoms with E-state index in [1.54, 1.807) is 6.07 Å². The SMILES string of the molecule is Cc1c(C(=O)NC(CN2CCN(C)CC2)c2ccccc2)sc2ccc(F)cc12. The summed E-state index contributed by atoms with van der Waals surface area (Å²) < 4.78 is 14.6. The molecule has 152 valence electrons. The van der Waals surface area contributed by atoms with Crippen LogP contribution in [0.5, 0.6) is 0 Å². The highest BCUT2D eigenvalue weighted by molar-refractivity contribution is 7.21. The van der Waals surface area contributed by atoms with E-state index < -0.39 is 0 Å². The number of carbonyl (C=O) groups excluding carboxylic acids is 1. The number of thiophene rings is 1. The van der Waals surface area contributed by atoms with Gasteiger partial charge in [-0.15, -0.1) is 11.3 Å². The van der Waals surface area contributed by atoms with Crippen molar-refractivity contribution in [3.63, 3.8) is 0 Å². The number of piperazine rings is 1. The van der Waals surface area contributed by atoms with Crippen LogP contribution in [0.25, 0.3) is 10.1 Å². The Morgan fingerprint density at radius 3 is 2.59 bits per heavy atom. The zero-order chi connectivity index (χ0) is 20.4. The molecule has 0 aliphatic carbocycles. The molecular weight excluding hydrogens is 385 g/mol. The Balaban J connectivity index is 1.57. The van der Waals surface area contributed by atoms with Crippen molar-refractivity contribution in [2.75, 3.05) is 39.8 Å². The van der Waals surface area contributed by atoms with Gasteiger partial charge < -0.3 is 10.2 Å². The molecule has 1 saturated heterocycles. The Hall–Kier alpha value is -2.28. The lowest BCUT2D eigenvalue weighted by atomic mass is 10.1. The van der Waals surface area contributed by atoms with Gasteiger partial charge in [0.25, 0.3) is 5.91 Å². The lowest BCUT2D eigenvalue weighted by Crippen LogP contribution is -2.47. The predicted octanol–water partition coefficient (Wildman–Crippen LogP) is 4.07. The van der Waals surface area contributed by atoms with Crippen LogP contribution in [0.4, 0.5) is 4.39 Å². The molecule has 3 aromatic rings. The number of nitrogens with one attached hydrogen (secondary N) is 1. The summed E-state index contributed by atoms with van der Waals surface area (Å²) >= 11 is 1.43. The zero-order valence-electron chi connectivity index (χ0n) is 16.8. The Labute approximate surface area is 174 Å². The van der Waals surface area contributed by atoms with Crippen molar-refractivity contribution in [2.24, 2.45) is 0 Å². The van der Waals surface area contributed by atoms with Gasteiger partial charge in [-0.25, -0.2) is 4.39 Å². The summed E-state index contributed by atoms with van der Waals surface area (Å²) in [6.07, 6.45) is 0. The first kappa shape index (κ1) is 20.0. The van der Waals surface area contributed by atoms with E-state index in [1.165, 1.54) is 23.5 Å². The number of hydrogen-bond acceptors (Lipinski definition) is 4. The summed E-state index contributed by atoms with van der Waals surface area (Å²) in [5.74, 6) is -0.366. The third-order valence-electron chi connectivity index (χ3n) is 5.65. The van der Waals surface area contributed by atoms with Crippen molar-refractivity contribution < 1.29 is 9.18 Å². The zero-order valence-corrected chi connectivity index (χ0v) is 17.6. The Bertz CT molecular complexity index is 996. The van der Waals surface area contributed by atoms with E-state index in [4.69, 9.17) is 0 Å². The average Bonchev–Trinajstić information content (AvgIpc) is 3.06. The van der Waals surface area contributed by atoms with Gasteiger partial charge in [-0.1, -0.05) is 30.3 Å². The maximum atomic E-state index is 13.6. The largest absolute Gasteiger partial charge is 0.343 e. The highest BCUT2D eigenvalue weighted by Crippen LogP contribution is 2.31. The first-order chi connectivity index (χ1) is 14.0. The lowest BCUT2D eigenvalue weighted by molar-refractivity contribution is 0.0911. The summed E-state index contributed by atoms with van der Waals surface area (Å²) in [7, 11) is 2.14. The van der Waals surface area contributed by atoms with Gasteiger partial charge >= 0.3 is 0 Å². The number of likely N-dealkylation sites (N-methyl/N-ethyl adjacent to an activating group) is 1. The monoisotopic (exact) mass is 411 g/mol. The molecule has 2 aromatic carbocycles. The molecule has 1 N–H and O–H groups in total. The van der Waals surface area contributed by atoms with Crippen molar-refractivity contribution in [3.8, 4) is 0 Å². The highest BCUT2D eigenvalue weighted by atomic mass is 32.1. The van der Waals surface area contributed by atoms with Gasteiger partial charge in [-0.05, 0) is 48.7 Å². The number of carbonyl (C=O) groups is 1. The molecule has 0 radical (unpaired) electrons. The first-order valence-electron chi connectivity index (χ1n) is 9.96. The number of rotatable bonds is 5. The number of amides is 1. The minimum absolute atomic E-state index is 0.0894. The molecule has 2 heterocycles. The van der Waals surface area contributed by atoms with Crippen LogP contribution >= 0.6 is 11.3 Å². The third-order valence-corrected chi connectivity index (χ3v) is 6.92. The molecule has 29 heavy (non-hydrogen) atoms. The molecule has 4 nitrogen and oxygen atoms in total. The first-order valence-corrected chi connectivity index (χ1v) is 10.8. The van der Waals surface area contributed by atoms with Crippen LogP contribution in [0.2, 0.25) is 0 Å².